The quantitative estimate of drug-likeness (QED) is 0.455. The zero-order valence-corrected chi connectivity index (χ0v) is 16.6. The molecule has 0 bridgehead atoms. The van der Waals surface area contributed by atoms with E-state index < -0.39 is 0 Å². The maximum atomic E-state index is 5.11. The van der Waals surface area contributed by atoms with Crippen molar-refractivity contribution >= 4 is 46.1 Å². The van der Waals surface area contributed by atoms with Crippen LogP contribution in [0.1, 0.15) is 5.69 Å². The van der Waals surface area contributed by atoms with E-state index in [4.69, 9.17) is 4.18 Å². The number of nitrogens with zero attached hydrogens (tertiary/aromatic N) is 4. The highest BCUT2D eigenvalue weighted by Gasteiger charge is 2.10. The molecule has 7 nitrogen and oxygen atoms in total. The van der Waals surface area contributed by atoms with Crippen LogP contribution in [0.3, 0.4) is 0 Å². The third-order valence-electron chi connectivity index (χ3n) is 4.38. The molecule has 0 saturated heterocycles. The lowest BCUT2D eigenvalue weighted by molar-refractivity contribution is 0.490. The summed E-state index contributed by atoms with van der Waals surface area (Å²) in [5.74, 6) is 1.32. The van der Waals surface area contributed by atoms with E-state index in [1.807, 2.05) is 49.2 Å². The summed E-state index contributed by atoms with van der Waals surface area (Å²) < 4.78 is 5.11. The van der Waals surface area contributed by atoms with Crippen molar-refractivity contribution < 1.29 is 4.18 Å². The normalized spacial score (nSPS) is 11.0. The Bertz CT molecular complexity index is 1110. The summed E-state index contributed by atoms with van der Waals surface area (Å²) in [6, 6.07) is 16.0. The number of aryl methyl sites for hydroxylation is 1. The van der Waals surface area contributed by atoms with Gasteiger partial charge in [-0.2, -0.15) is 10.1 Å². The molecule has 0 spiro atoms. The predicted molar refractivity (Wildman–Crippen MR) is 114 cm³/mol. The molecule has 0 atom stereocenters. The standard InChI is InChI=1S/C20H20N6OS/c1-13-17-8-7-15(12-18(17)25-24-13)26(2)19-9-10-21-20(23-19)22-14-5-4-6-16(11-14)28-27-3/h4-12H,1-3H3,(H,24,25)(H,21,22,23). The number of benzene rings is 2. The van der Waals surface area contributed by atoms with Crippen molar-refractivity contribution in [3.63, 3.8) is 0 Å². The van der Waals surface area contributed by atoms with Crippen LogP contribution in [0.4, 0.5) is 23.1 Å². The van der Waals surface area contributed by atoms with Gasteiger partial charge in [0.1, 0.15) is 5.82 Å². The molecule has 0 radical (unpaired) electrons. The Morgan fingerprint density at radius 3 is 2.89 bits per heavy atom. The van der Waals surface area contributed by atoms with E-state index in [-0.39, 0.29) is 0 Å². The number of rotatable bonds is 6. The van der Waals surface area contributed by atoms with E-state index in [2.05, 4.69) is 43.7 Å². The molecule has 0 unspecified atom stereocenters. The van der Waals surface area contributed by atoms with Crippen molar-refractivity contribution in [3.05, 3.63) is 60.4 Å². The summed E-state index contributed by atoms with van der Waals surface area (Å²) in [5.41, 5.74) is 3.91. The first-order valence-corrected chi connectivity index (χ1v) is 9.47. The van der Waals surface area contributed by atoms with Gasteiger partial charge in [0.2, 0.25) is 5.95 Å². The summed E-state index contributed by atoms with van der Waals surface area (Å²) in [7, 11) is 3.63. The van der Waals surface area contributed by atoms with E-state index >= 15 is 0 Å². The second-order valence-electron chi connectivity index (χ2n) is 6.24. The molecule has 28 heavy (non-hydrogen) atoms. The van der Waals surface area contributed by atoms with Gasteiger partial charge in [-0.1, -0.05) is 6.07 Å². The minimum Gasteiger partial charge on any atom is -0.329 e. The van der Waals surface area contributed by atoms with Crippen LogP contribution < -0.4 is 10.2 Å². The van der Waals surface area contributed by atoms with Gasteiger partial charge in [-0.05, 0) is 49.4 Å². The minimum absolute atomic E-state index is 0.530. The summed E-state index contributed by atoms with van der Waals surface area (Å²) in [5, 5.41) is 11.7. The highest BCUT2D eigenvalue weighted by Crippen LogP contribution is 2.27. The van der Waals surface area contributed by atoms with Crippen LogP contribution in [0.5, 0.6) is 0 Å². The molecule has 0 amide bonds. The summed E-state index contributed by atoms with van der Waals surface area (Å²) >= 11 is 1.31. The van der Waals surface area contributed by atoms with Crippen LogP contribution in [0.2, 0.25) is 0 Å². The topological polar surface area (TPSA) is 79.0 Å². The van der Waals surface area contributed by atoms with Crippen molar-refractivity contribution in [2.24, 2.45) is 0 Å². The first-order chi connectivity index (χ1) is 13.6. The second kappa shape index (κ2) is 7.87. The molecule has 4 rings (SSSR count). The lowest BCUT2D eigenvalue weighted by Crippen LogP contribution is -2.12. The fraction of sp³-hybridized carbons (Fsp3) is 0.150. The maximum absolute atomic E-state index is 5.11. The molecule has 2 aromatic heterocycles. The number of hydrogen-bond acceptors (Lipinski definition) is 7. The van der Waals surface area contributed by atoms with Gasteiger partial charge in [0.05, 0.1) is 18.3 Å². The Balaban J connectivity index is 1.57. The number of hydrogen-bond donors (Lipinski definition) is 2. The molecule has 4 aromatic rings. The number of aromatic nitrogens is 4. The van der Waals surface area contributed by atoms with Crippen LogP contribution in [0.25, 0.3) is 10.9 Å². The first kappa shape index (κ1) is 18.3. The average molecular weight is 392 g/mol. The molecule has 0 fully saturated rings. The summed E-state index contributed by atoms with van der Waals surface area (Å²) in [4.78, 5) is 12.0. The lowest BCUT2D eigenvalue weighted by atomic mass is 10.2. The van der Waals surface area contributed by atoms with Gasteiger partial charge >= 0.3 is 0 Å². The molecule has 8 heteroatoms. The molecular formula is C20H20N6OS. The Labute approximate surface area is 167 Å². The van der Waals surface area contributed by atoms with E-state index in [9.17, 15) is 0 Å². The van der Waals surface area contributed by atoms with Crippen molar-refractivity contribution in [1.29, 1.82) is 0 Å². The van der Waals surface area contributed by atoms with Gasteiger partial charge in [0.15, 0.2) is 0 Å². The Kier molecular flexibility index (Phi) is 5.14. The molecular weight excluding hydrogens is 372 g/mol. The molecule has 0 aliphatic rings. The van der Waals surface area contributed by atoms with E-state index in [0.29, 0.717) is 5.95 Å². The molecule has 0 aliphatic carbocycles. The largest absolute Gasteiger partial charge is 0.329 e. The van der Waals surface area contributed by atoms with Crippen molar-refractivity contribution in [3.8, 4) is 0 Å². The molecule has 2 aromatic carbocycles. The fourth-order valence-corrected chi connectivity index (χ4v) is 3.43. The third-order valence-corrected chi connectivity index (χ3v) is 4.99. The molecule has 0 saturated carbocycles. The van der Waals surface area contributed by atoms with E-state index in [0.717, 1.165) is 38.7 Å². The van der Waals surface area contributed by atoms with Crippen LogP contribution >= 0.6 is 12.0 Å². The van der Waals surface area contributed by atoms with E-state index in [1.165, 1.54) is 12.0 Å². The molecule has 2 N–H and O–H groups in total. The Morgan fingerprint density at radius 1 is 1.14 bits per heavy atom. The van der Waals surface area contributed by atoms with Gasteiger partial charge in [-0.25, -0.2) is 4.98 Å². The van der Waals surface area contributed by atoms with E-state index in [1.54, 1.807) is 13.3 Å². The van der Waals surface area contributed by atoms with Crippen LogP contribution in [0.15, 0.2) is 59.6 Å². The SMILES string of the molecule is COSc1cccc(Nc2nccc(N(C)c3ccc4c(C)n[nH]c4c3)n2)c1. The number of nitrogens with one attached hydrogen (secondary N) is 2. The third kappa shape index (κ3) is 3.78. The summed E-state index contributed by atoms with van der Waals surface area (Å²) in [6.45, 7) is 1.99. The fourth-order valence-electron chi connectivity index (χ4n) is 2.93. The molecule has 142 valence electrons. The molecule has 2 heterocycles. The highest BCUT2D eigenvalue weighted by atomic mass is 32.2. The summed E-state index contributed by atoms with van der Waals surface area (Å²) in [6.07, 6.45) is 1.74. The van der Waals surface area contributed by atoms with Crippen LogP contribution in [-0.4, -0.2) is 34.3 Å². The number of fused-ring (bicyclic) bond motifs is 1. The predicted octanol–water partition coefficient (Wildman–Crippen LogP) is 4.83. The Hall–Kier alpha value is -3.10. The van der Waals surface area contributed by atoms with Gasteiger partial charge in [-0.3, -0.25) is 5.10 Å². The van der Waals surface area contributed by atoms with Crippen LogP contribution in [-0.2, 0) is 4.18 Å². The van der Waals surface area contributed by atoms with Crippen LogP contribution in [0, 0.1) is 6.92 Å². The minimum atomic E-state index is 0.530. The number of H-pyrrole nitrogens is 1. The van der Waals surface area contributed by atoms with Crippen molar-refractivity contribution in [2.45, 2.75) is 11.8 Å². The smallest absolute Gasteiger partial charge is 0.229 e. The zero-order chi connectivity index (χ0) is 19.5. The average Bonchev–Trinajstić information content (AvgIpc) is 3.08. The second-order valence-corrected chi connectivity index (χ2v) is 7.21. The zero-order valence-electron chi connectivity index (χ0n) is 15.8. The van der Waals surface area contributed by atoms with Crippen molar-refractivity contribution in [2.75, 3.05) is 24.4 Å². The maximum Gasteiger partial charge on any atom is 0.229 e. The molecule has 0 aliphatic heterocycles. The highest BCUT2D eigenvalue weighted by molar-refractivity contribution is 7.94. The Morgan fingerprint density at radius 2 is 2.04 bits per heavy atom. The number of anilines is 4. The van der Waals surface area contributed by atoms with Crippen molar-refractivity contribution in [1.82, 2.24) is 20.2 Å². The first-order valence-electron chi connectivity index (χ1n) is 8.73. The number of aromatic amines is 1. The van der Waals surface area contributed by atoms with Gasteiger partial charge < -0.3 is 14.4 Å². The van der Waals surface area contributed by atoms with Gasteiger partial charge in [0.25, 0.3) is 0 Å². The lowest BCUT2D eigenvalue weighted by Gasteiger charge is -2.19. The van der Waals surface area contributed by atoms with Gasteiger partial charge in [-0.15, -0.1) is 0 Å². The monoisotopic (exact) mass is 392 g/mol. The van der Waals surface area contributed by atoms with Gasteiger partial charge in [0, 0.05) is 46.9 Å².